The fourth-order valence-corrected chi connectivity index (χ4v) is 3.61. The quantitative estimate of drug-likeness (QED) is 0.842. The van der Waals surface area contributed by atoms with Gasteiger partial charge in [0.05, 0.1) is 5.02 Å². The lowest BCUT2D eigenvalue weighted by molar-refractivity contribution is 0.200. The van der Waals surface area contributed by atoms with Gasteiger partial charge in [-0.15, -0.1) is 0 Å². The number of hydrogen-bond donors (Lipinski definition) is 1. The third-order valence-corrected chi connectivity index (χ3v) is 4.89. The van der Waals surface area contributed by atoms with Crippen molar-refractivity contribution in [1.29, 1.82) is 0 Å². The second kappa shape index (κ2) is 6.20. The van der Waals surface area contributed by atoms with Crippen molar-refractivity contribution in [3.8, 4) is 0 Å². The highest BCUT2D eigenvalue weighted by molar-refractivity contribution is 8.13. The first-order chi connectivity index (χ1) is 9.38. The summed E-state index contributed by atoms with van der Waals surface area (Å²) >= 11 is 5.85. The predicted octanol–water partition coefficient (Wildman–Crippen LogP) is 3.29. The first-order valence-electron chi connectivity index (χ1n) is 6.18. The van der Waals surface area contributed by atoms with Gasteiger partial charge in [-0.05, 0) is 37.5 Å². The summed E-state index contributed by atoms with van der Waals surface area (Å²) in [6.45, 7) is 1.46. The number of carbonyl (C=O) groups excluding carboxylic acids is 1. The number of anilines is 1. The van der Waals surface area contributed by atoms with Crippen molar-refractivity contribution >= 4 is 43.1 Å². The molecule has 8 heteroatoms. The zero-order chi connectivity index (χ0) is 14.8. The van der Waals surface area contributed by atoms with E-state index in [4.69, 9.17) is 22.3 Å². The minimum Gasteiger partial charge on any atom is -0.325 e. The van der Waals surface area contributed by atoms with Gasteiger partial charge in [0, 0.05) is 29.5 Å². The molecule has 0 aromatic heterocycles. The van der Waals surface area contributed by atoms with Gasteiger partial charge < -0.3 is 10.2 Å². The molecule has 0 saturated carbocycles. The third kappa shape index (κ3) is 3.77. The van der Waals surface area contributed by atoms with Crippen LogP contribution in [0.15, 0.2) is 23.1 Å². The topological polar surface area (TPSA) is 66.5 Å². The zero-order valence-electron chi connectivity index (χ0n) is 10.6. The Morgan fingerprint density at radius 2 is 1.85 bits per heavy atom. The average molecular weight is 337 g/mol. The molecule has 0 spiro atoms. The van der Waals surface area contributed by atoms with Crippen LogP contribution in [0.4, 0.5) is 10.5 Å². The number of nitrogens with zero attached hydrogens (tertiary/aromatic N) is 1. The van der Waals surface area contributed by atoms with Crippen molar-refractivity contribution in [2.24, 2.45) is 0 Å². The van der Waals surface area contributed by atoms with E-state index in [0.29, 0.717) is 5.69 Å². The summed E-state index contributed by atoms with van der Waals surface area (Å²) in [5.74, 6) is 0. The molecule has 1 aliphatic heterocycles. The van der Waals surface area contributed by atoms with E-state index in [2.05, 4.69) is 5.32 Å². The lowest BCUT2D eigenvalue weighted by atomic mass is 10.1. The Labute approximate surface area is 127 Å². The van der Waals surface area contributed by atoms with Gasteiger partial charge in [0.25, 0.3) is 9.05 Å². The maximum absolute atomic E-state index is 12.0. The summed E-state index contributed by atoms with van der Waals surface area (Å²) < 4.78 is 22.4. The Morgan fingerprint density at radius 3 is 2.40 bits per heavy atom. The van der Waals surface area contributed by atoms with Crippen LogP contribution in [-0.4, -0.2) is 32.4 Å². The van der Waals surface area contributed by atoms with Crippen molar-refractivity contribution in [1.82, 2.24) is 4.90 Å². The van der Waals surface area contributed by atoms with Crippen LogP contribution in [0, 0.1) is 0 Å². The van der Waals surface area contributed by atoms with Crippen molar-refractivity contribution in [2.75, 3.05) is 18.4 Å². The fourth-order valence-electron chi connectivity index (χ4n) is 2.08. The number of amides is 2. The fraction of sp³-hybridized carbons (Fsp3) is 0.417. The first kappa shape index (κ1) is 15.4. The van der Waals surface area contributed by atoms with E-state index in [1.807, 2.05) is 0 Å². The number of halogens is 2. The van der Waals surface area contributed by atoms with E-state index < -0.39 is 9.05 Å². The number of piperidine rings is 1. The second-order valence-corrected chi connectivity index (χ2v) is 7.50. The number of benzene rings is 1. The highest BCUT2D eigenvalue weighted by Gasteiger charge is 2.18. The molecule has 0 bridgehead atoms. The highest BCUT2D eigenvalue weighted by Crippen LogP contribution is 2.27. The van der Waals surface area contributed by atoms with Gasteiger partial charge in [0.1, 0.15) is 4.90 Å². The van der Waals surface area contributed by atoms with Crippen molar-refractivity contribution in [2.45, 2.75) is 24.2 Å². The Bertz CT molecular complexity index is 613. The number of likely N-dealkylation sites (tertiary alicyclic amines) is 1. The van der Waals surface area contributed by atoms with Gasteiger partial charge in [-0.1, -0.05) is 11.6 Å². The molecule has 1 aromatic carbocycles. The molecule has 5 nitrogen and oxygen atoms in total. The number of rotatable bonds is 2. The zero-order valence-corrected chi connectivity index (χ0v) is 12.9. The van der Waals surface area contributed by atoms with Crippen LogP contribution in [-0.2, 0) is 9.05 Å². The van der Waals surface area contributed by atoms with Crippen molar-refractivity contribution in [3.05, 3.63) is 23.2 Å². The van der Waals surface area contributed by atoms with Crippen LogP contribution in [0.2, 0.25) is 5.02 Å². The molecule has 0 aliphatic carbocycles. The van der Waals surface area contributed by atoms with Crippen LogP contribution in [0.1, 0.15) is 19.3 Å². The minimum atomic E-state index is -3.88. The van der Waals surface area contributed by atoms with Gasteiger partial charge in [-0.2, -0.15) is 0 Å². The Morgan fingerprint density at radius 1 is 1.20 bits per heavy atom. The molecule has 0 radical (unpaired) electrons. The number of nitrogens with one attached hydrogen (secondary N) is 1. The molecule has 0 atom stereocenters. The molecule has 2 rings (SSSR count). The van der Waals surface area contributed by atoms with Crippen LogP contribution in [0.3, 0.4) is 0 Å². The van der Waals surface area contributed by atoms with Crippen molar-refractivity contribution in [3.63, 3.8) is 0 Å². The van der Waals surface area contributed by atoms with Gasteiger partial charge in [-0.25, -0.2) is 13.2 Å². The van der Waals surface area contributed by atoms with Gasteiger partial charge in [0.2, 0.25) is 0 Å². The summed E-state index contributed by atoms with van der Waals surface area (Å²) in [6.07, 6.45) is 3.13. The first-order valence-corrected chi connectivity index (χ1v) is 8.87. The van der Waals surface area contributed by atoms with E-state index in [0.717, 1.165) is 32.4 Å². The second-order valence-electron chi connectivity index (χ2n) is 4.56. The van der Waals surface area contributed by atoms with E-state index in [1.54, 1.807) is 4.90 Å². The Kier molecular flexibility index (Phi) is 4.78. The SMILES string of the molecule is O=C(Nc1ccc(S(=O)(=O)Cl)c(Cl)c1)N1CCCCC1. The van der Waals surface area contributed by atoms with Crippen LogP contribution < -0.4 is 5.32 Å². The molecular weight excluding hydrogens is 323 g/mol. The smallest absolute Gasteiger partial charge is 0.321 e. The number of hydrogen-bond acceptors (Lipinski definition) is 3. The van der Waals surface area contributed by atoms with Gasteiger partial charge in [-0.3, -0.25) is 0 Å². The molecule has 1 fully saturated rings. The monoisotopic (exact) mass is 336 g/mol. The highest BCUT2D eigenvalue weighted by atomic mass is 35.7. The van der Waals surface area contributed by atoms with Crippen LogP contribution in [0.5, 0.6) is 0 Å². The summed E-state index contributed by atoms with van der Waals surface area (Å²) in [6, 6.07) is 3.90. The molecular formula is C12H14Cl2N2O3S. The molecule has 0 unspecified atom stereocenters. The molecule has 1 N–H and O–H groups in total. The Hall–Kier alpha value is -0.980. The van der Waals surface area contributed by atoms with E-state index in [-0.39, 0.29) is 15.9 Å². The number of urea groups is 1. The van der Waals surface area contributed by atoms with Gasteiger partial charge in [0.15, 0.2) is 0 Å². The average Bonchev–Trinajstić information content (AvgIpc) is 2.38. The summed E-state index contributed by atoms with van der Waals surface area (Å²) in [5.41, 5.74) is 0.439. The molecule has 1 aliphatic rings. The molecule has 1 aromatic rings. The molecule has 20 heavy (non-hydrogen) atoms. The maximum Gasteiger partial charge on any atom is 0.321 e. The minimum absolute atomic E-state index is 0.0172. The standard InChI is InChI=1S/C12H14Cl2N2O3S/c13-10-8-9(4-5-11(10)20(14,18)19)15-12(17)16-6-2-1-3-7-16/h4-5,8H,1-3,6-7H2,(H,15,17). The molecule has 1 heterocycles. The lowest BCUT2D eigenvalue weighted by Crippen LogP contribution is -2.38. The van der Waals surface area contributed by atoms with Crippen LogP contribution >= 0.6 is 22.3 Å². The van der Waals surface area contributed by atoms with Gasteiger partial charge >= 0.3 is 6.03 Å². The molecule has 1 saturated heterocycles. The largest absolute Gasteiger partial charge is 0.325 e. The Balaban J connectivity index is 2.10. The summed E-state index contributed by atoms with van der Waals surface area (Å²) in [4.78, 5) is 13.5. The van der Waals surface area contributed by atoms with Crippen LogP contribution in [0.25, 0.3) is 0 Å². The number of carbonyl (C=O) groups is 1. The van der Waals surface area contributed by atoms with E-state index in [9.17, 15) is 13.2 Å². The molecule has 2 amide bonds. The molecule has 110 valence electrons. The maximum atomic E-state index is 12.0. The predicted molar refractivity (Wildman–Crippen MR) is 78.9 cm³/mol. The normalized spacial score (nSPS) is 16.0. The third-order valence-electron chi connectivity index (χ3n) is 3.09. The summed E-state index contributed by atoms with van der Waals surface area (Å²) in [7, 11) is 1.35. The summed E-state index contributed by atoms with van der Waals surface area (Å²) in [5, 5.41) is 2.68. The van der Waals surface area contributed by atoms with Crippen molar-refractivity contribution < 1.29 is 13.2 Å². The van der Waals surface area contributed by atoms with E-state index >= 15 is 0 Å². The lowest BCUT2D eigenvalue weighted by Gasteiger charge is -2.26. The van der Waals surface area contributed by atoms with E-state index in [1.165, 1.54) is 18.2 Å².